The Hall–Kier alpha value is -1.69. The Bertz CT molecular complexity index is 574. The molecule has 108 valence electrons. The highest BCUT2D eigenvalue weighted by Gasteiger charge is 2.28. The molecule has 6 heteroatoms. The van der Waals surface area contributed by atoms with Crippen molar-refractivity contribution in [3.8, 4) is 0 Å². The van der Waals surface area contributed by atoms with E-state index in [1.807, 2.05) is 17.9 Å². The highest BCUT2D eigenvalue weighted by molar-refractivity contribution is 5.12. The van der Waals surface area contributed by atoms with Gasteiger partial charge in [0.25, 0.3) is 0 Å². The van der Waals surface area contributed by atoms with Crippen molar-refractivity contribution in [3.63, 3.8) is 0 Å². The van der Waals surface area contributed by atoms with Gasteiger partial charge in [-0.1, -0.05) is 13.8 Å². The number of nitrogens with zero attached hydrogens (tertiary/aromatic N) is 5. The third kappa shape index (κ3) is 2.60. The summed E-state index contributed by atoms with van der Waals surface area (Å²) in [4.78, 5) is 2.40. The zero-order valence-corrected chi connectivity index (χ0v) is 12.3. The fourth-order valence-corrected chi connectivity index (χ4v) is 2.74. The van der Waals surface area contributed by atoms with Crippen LogP contribution >= 0.6 is 0 Å². The fraction of sp³-hybridized carbons (Fsp3) is 0.643. The maximum Gasteiger partial charge on any atom is 0.230 e. The van der Waals surface area contributed by atoms with Crippen LogP contribution in [0.3, 0.4) is 0 Å². The van der Waals surface area contributed by atoms with Crippen LogP contribution in [0.4, 0.5) is 0 Å². The first-order chi connectivity index (χ1) is 9.63. The molecule has 2 aromatic rings. The first-order valence-corrected chi connectivity index (χ1v) is 7.18. The molecule has 2 aromatic heterocycles. The smallest absolute Gasteiger partial charge is 0.230 e. The molecule has 6 nitrogen and oxygen atoms in total. The average molecular weight is 275 g/mol. The van der Waals surface area contributed by atoms with Gasteiger partial charge in [-0.2, -0.15) is 5.10 Å². The van der Waals surface area contributed by atoms with Crippen LogP contribution in [0.1, 0.15) is 56.0 Å². The molecule has 0 aliphatic carbocycles. The van der Waals surface area contributed by atoms with Crippen molar-refractivity contribution in [2.45, 2.75) is 45.2 Å². The van der Waals surface area contributed by atoms with Crippen molar-refractivity contribution in [2.24, 2.45) is 7.05 Å². The van der Waals surface area contributed by atoms with Crippen molar-refractivity contribution < 1.29 is 4.42 Å². The summed E-state index contributed by atoms with van der Waals surface area (Å²) in [5.74, 6) is 1.71. The summed E-state index contributed by atoms with van der Waals surface area (Å²) in [6.45, 7) is 5.91. The average Bonchev–Trinajstić information content (AvgIpc) is 3.09. The van der Waals surface area contributed by atoms with E-state index >= 15 is 0 Å². The summed E-state index contributed by atoms with van der Waals surface area (Å²) in [6, 6.07) is 0.415. The van der Waals surface area contributed by atoms with Gasteiger partial charge in [0.15, 0.2) is 0 Å². The number of rotatable bonds is 4. The predicted molar refractivity (Wildman–Crippen MR) is 74.0 cm³/mol. The topological polar surface area (TPSA) is 60.0 Å². The fourth-order valence-electron chi connectivity index (χ4n) is 2.74. The molecule has 1 aliphatic heterocycles. The van der Waals surface area contributed by atoms with Gasteiger partial charge in [-0.25, -0.2) is 0 Å². The van der Waals surface area contributed by atoms with E-state index in [1.165, 1.54) is 12.0 Å². The lowest BCUT2D eigenvalue weighted by atomic mass is 10.1. The van der Waals surface area contributed by atoms with E-state index in [-0.39, 0.29) is 5.92 Å². The van der Waals surface area contributed by atoms with Crippen LogP contribution in [-0.2, 0) is 13.6 Å². The molecule has 1 atom stereocenters. The highest BCUT2D eigenvalue weighted by Crippen LogP contribution is 2.32. The summed E-state index contributed by atoms with van der Waals surface area (Å²) < 4.78 is 7.57. The van der Waals surface area contributed by atoms with E-state index in [2.05, 4.69) is 40.2 Å². The number of aromatic nitrogens is 4. The quantitative estimate of drug-likeness (QED) is 0.856. The normalized spacial score (nSPS) is 20.1. The lowest BCUT2D eigenvalue weighted by Gasteiger charge is -2.21. The van der Waals surface area contributed by atoms with E-state index in [0.29, 0.717) is 11.9 Å². The Kier molecular flexibility index (Phi) is 3.56. The van der Waals surface area contributed by atoms with E-state index < -0.39 is 0 Å². The molecular formula is C14H21N5O. The largest absolute Gasteiger partial charge is 0.424 e. The number of hydrogen-bond acceptors (Lipinski definition) is 5. The minimum Gasteiger partial charge on any atom is -0.424 e. The second kappa shape index (κ2) is 5.36. The Labute approximate surface area is 118 Å². The molecule has 1 fully saturated rings. The molecule has 0 aromatic carbocycles. The lowest BCUT2D eigenvalue weighted by Crippen LogP contribution is -2.22. The van der Waals surface area contributed by atoms with Gasteiger partial charge in [0.05, 0.1) is 12.7 Å². The van der Waals surface area contributed by atoms with Crippen LogP contribution in [0, 0.1) is 0 Å². The Morgan fingerprint density at radius 1 is 1.40 bits per heavy atom. The summed E-state index contributed by atoms with van der Waals surface area (Å²) in [6.07, 6.45) is 6.41. The second-order valence-corrected chi connectivity index (χ2v) is 5.76. The van der Waals surface area contributed by atoms with Gasteiger partial charge in [-0.3, -0.25) is 9.58 Å². The molecule has 0 amide bonds. The van der Waals surface area contributed by atoms with E-state index in [4.69, 9.17) is 4.42 Å². The molecule has 3 heterocycles. The van der Waals surface area contributed by atoms with Crippen LogP contribution in [0.5, 0.6) is 0 Å². The molecule has 0 N–H and O–H groups in total. The summed E-state index contributed by atoms with van der Waals surface area (Å²) >= 11 is 0. The monoisotopic (exact) mass is 275 g/mol. The number of hydrogen-bond donors (Lipinski definition) is 0. The van der Waals surface area contributed by atoms with Crippen LogP contribution in [0.25, 0.3) is 0 Å². The van der Waals surface area contributed by atoms with Gasteiger partial charge in [0, 0.05) is 30.8 Å². The third-order valence-electron chi connectivity index (χ3n) is 3.79. The van der Waals surface area contributed by atoms with Crippen molar-refractivity contribution in [1.82, 2.24) is 24.9 Å². The predicted octanol–water partition coefficient (Wildman–Crippen LogP) is 2.26. The molecule has 0 saturated carbocycles. The number of aryl methyl sites for hydroxylation is 1. The molecule has 0 radical (unpaired) electrons. The van der Waals surface area contributed by atoms with Gasteiger partial charge in [0.1, 0.15) is 0 Å². The third-order valence-corrected chi connectivity index (χ3v) is 3.79. The molecule has 0 unspecified atom stereocenters. The van der Waals surface area contributed by atoms with E-state index in [9.17, 15) is 0 Å². The Balaban J connectivity index is 1.72. The molecule has 0 bridgehead atoms. The zero-order chi connectivity index (χ0) is 14.1. The van der Waals surface area contributed by atoms with E-state index in [0.717, 1.165) is 25.4 Å². The van der Waals surface area contributed by atoms with Crippen molar-refractivity contribution in [3.05, 3.63) is 29.7 Å². The standard InChI is InChI=1S/C14H21N5O/c1-10(2)14-17-16-13(20-14)9-19-6-4-5-12(19)11-7-15-18(3)8-11/h7-8,10,12H,4-6,9H2,1-3H3/t12-/m0/s1. The van der Waals surface area contributed by atoms with Gasteiger partial charge >= 0.3 is 0 Å². The summed E-state index contributed by atoms with van der Waals surface area (Å²) in [5, 5.41) is 12.5. The van der Waals surface area contributed by atoms with Gasteiger partial charge in [-0.15, -0.1) is 10.2 Å². The minimum atomic E-state index is 0.281. The second-order valence-electron chi connectivity index (χ2n) is 5.76. The first-order valence-electron chi connectivity index (χ1n) is 7.18. The van der Waals surface area contributed by atoms with Gasteiger partial charge in [0.2, 0.25) is 11.8 Å². The minimum absolute atomic E-state index is 0.281. The van der Waals surface area contributed by atoms with Crippen molar-refractivity contribution in [1.29, 1.82) is 0 Å². The Morgan fingerprint density at radius 3 is 2.90 bits per heavy atom. The van der Waals surface area contributed by atoms with Crippen LogP contribution in [-0.4, -0.2) is 31.4 Å². The molecule has 0 spiro atoms. The maximum atomic E-state index is 5.71. The van der Waals surface area contributed by atoms with E-state index in [1.54, 1.807) is 0 Å². The van der Waals surface area contributed by atoms with Crippen molar-refractivity contribution >= 4 is 0 Å². The lowest BCUT2D eigenvalue weighted by molar-refractivity contribution is 0.220. The highest BCUT2D eigenvalue weighted by atomic mass is 16.4. The van der Waals surface area contributed by atoms with Crippen LogP contribution in [0.2, 0.25) is 0 Å². The summed E-state index contributed by atoms with van der Waals surface area (Å²) in [7, 11) is 1.95. The summed E-state index contributed by atoms with van der Waals surface area (Å²) in [5.41, 5.74) is 1.27. The number of likely N-dealkylation sites (tertiary alicyclic amines) is 1. The SMILES string of the molecule is CC(C)c1nnc(CN2CCC[C@H]2c2cnn(C)c2)o1. The van der Waals surface area contributed by atoms with Crippen molar-refractivity contribution in [2.75, 3.05) is 6.54 Å². The zero-order valence-electron chi connectivity index (χ0n) is 12.3. The molecule has 20 heavy (non-hydrogen) atoms. The molecular weight excluding hydrogens is 254 g/mol. The molecule has 3 rings (SSSR count). The maximum absolute atomic E-state index is 5.71. The van der Waals surface area contributed by atoms with Crippen LogP contribution < -0.4 is 0 Å². The van der Waals surface area contributed by atoms with Crippen LogP contribution in [0.15, 0.2) is 16.8 Å². The van der Waals surface area contributed by atoms with Gasteiger partial charge < -0.3 is 4.42 Å². The Morgan fingerprint density at radius 2 is 2.25 bits per heavy atom. The molecule has 1 saturated heterocycles. The van der Waals surface area contributed by atoms with Gasteiger partial charge in [-0.05, 0) is 19.4 Å². The first kappa shape index (κ1) is 13.3. The molecule has 1 aliphatic rings.